The van der Waals surface area contributed by atoms with Crippen molar-refractivity contribution in [3.05, 3.63) is 35.2 Å². The average molecular weight is 288 g/mol. The van der Waals surface area contributed by atoms with Crippen LogP contribution in [-0.4, -0.2) is 6.72 Å². The highest BCUT2D eigenvalue weighted by atomic mass is 14.9. The Balaban J connectivity index is 2.77. The Kier molecular flexibility index (Phi) is 8.80. The molecular formula is C19H32N2. The molecule has 2 heteroatoms. The number of hydrogen-bond acceptors (Lipinski definition) is 2. The van der Waals surface area contributed by atoms with Gasteiger partial charge in [0.05, 0.1) is 0 Å². The molecule has 1 aliphatic rings. The molecule has 0 aromatic rings. The second kappa shape index (κ2) is 10.4. The van der Waals surface area contributed by atoms with E-state index in [9.17, 15) is 0 Å². The van der Waals surface area contributed by atoms with Gasteiger partial charge in [-0.3, -0.25) is 0 Å². The van der Waals surface area contributed by atoms with Gasteiger partial charge in [-0.2, -0.15) is 0 Å². The first-order valence-corrected chi connectivity index (χ1v) is 8.46. The van der Waals surface area contributed by atoms with Gasteiger partial charge in [-0.15, -0.1) is 0 Å². The van der Waals surface area contributed by atoms with Crippen molar-refractivity contribution in [2.45, 2.75) is 71.6 Å². The van der Waals surface area contributed by atoms with Crippen molar-refractivity contribution < 1.29 is 0 Å². The molecule has 0 radical (unpaired) electrons. The maximum absolute atomic E-state index is 5.69. The van der Waals surface area contributed by atoms with Crippen molar-refractivity contribution in [3.63, 3.8) is 0 Å². The van der Waals surface area contributed by atoms with Crippen LogP contribution < -0.4 is 5.73 Å². The van der Waals surface area contributed by atoms with Crippen LogP contribution in [0.5, 0.6) is 0 Å². The molecule has 1 rings (SSSR count). The molecule has 0 atom stereocenters. The third kappa shape index (κ3) is 6.79. The monoisotopic (exact) mass is 288 g/mol. The summed E-state index contributed by atoms with van der Waals surface area (Å²) in [6.45, 7) is 7.79. The van der Waals surface area contributed by atoms with Crippen LogP contribution in [0, 0.1) is 5.92 Å². The fourth-order valence-electron chi connectivity index (χ4n) is 3.27. The Labute approximate surface area is 130 Å². The predicted molar refractivity (Wildman–Crippen MR) is 94.4 cm³/mol. The third-order valence-corrected chi connectivity index (χ3v) is 4.50. The molecule has 0 aromatic carbocycles. The summed E-state index contributed by atoms with van der Waals surface area (Å²) < 4.78 is 0. The predicted octanol–water partition coefficient (Wildman–Crippen LogP) is 5.52. The lowest BCUT2D eigenvalue weighted by Gasteiger charge is -2.22. The first-order valence-electron chi connectivity index (χ1n) is 8.46. The summed E-state index contributed by atoms with van der Waals surface area (Å²) in [4.78, 5) is 3.73. The summed E-state index contributed by atoms with van der Waals surface area (Å²) >= 11 is 0. The second-order valence-corrected chi connectivity index (χ2v) is 6.09. The van der Waals surface area contributed by atoms with Crippen LogP contribution in [0.2, 0.25) is 0 Å². The van der Waals surface area contributed by atoms with E-state index in [1.807, 2.05) is 6.08 Å². The highest BCUT2D eigenvalue weighted by Crippen LogP contribution is 2.31. The van der Waals surface area contributed by atoms with E-state index in [2.05, 4.69) is 37.7 Å². The maximum Gasteiger partial charge on any atom is 0.122 e. The zero-order valence-electron chi connectivity index (χ0n) is 13.9. The van der Waals surface area contributed by atoms with Gasteiger partial charge in [-0.1, -0.05) is 57.1 Å². The van der Waals surface area contributed by atoms with E-state index in [0.29, 0.717) is 11.7 Å². The third-order valence-electron chi connectivity index (χ3n) is 4.50. The summed E-state index contributed by atoms with van der Waals surface area (Å²) in [7, 11) is 0. The van der Waals surface area contributed by atoms with Crippen molar-refractivity contribution in [3.8, 4) is 0 Å². The summed E-state index contributed by atoms with van der Waals surface area (Å²) in [5.41, 5.74) is 8.49. The number of nitrogens with zero attached hydrogens (tertiary/aromatic N) is 1. The summed E-state index contributed by atoms with van der Waals surface area (Å²) in [5.74, 6) is 1.19. The quantitative estimate of drug-likeness (QED) is 0.537. The van der Waals surface area contributed by atoms with Gasteiger partial charge in [0.1, 0.15) is 5.82 Å². The molecular weight excluding hydrogens is 256 g/mol. The molecule has 0 saturated heterocycles. The molecule has 0 amide bonds. The molecule has 0 heterocycles. The largest absolute Gasteiger partial charge is 0.384 e. The molecule has 2 N–H and O–H groups in total. The van der Waals surface area contributed by atoms with E-state index in [0.717, 1.165) is 0 Å². The molecule has 1 aliphatic carbocycles. The molecule has 0 spiro atoms. The van der Waals surface area contributed by atoms with Crippen LogP contribution in [0.3, 0.4) is 0 Å². The van der Waals surface area contributed by atoms with Crippen molar-refractivity contribution in [1.82, 2.24) is 0 Å². The molecule has 1 saturated carbocycles. The van der Waals surface area contributed by atoms with Gasteiger partial charge in [0, 0.05) is 0 Å². The Morgan fingerprint density at radius 1 is 1.00 bits per heavy atom. The number of nitrogens with two attached hydrogens (primary N) is 1. The second-order valence-electron chi connectivity index (χ2n) is 6.09. The van der Waals surface area contributed by atoms with Crippen LogP contribution >= 0.6 is 0 Å². The van der Waals surface area contributed by atoms with Gasteiger partial charge < -0.3 is 5.73 Å². The first kappa shape index (κ1) is 17.7. The number of allylic oxidation sites excluding steroid dienone is 5. The van der Waals surface area contributed by atoms with Gasteiger partial charge in [-0.25, -0.2) is 4.99 Å². The van der Waals surface area contributed by atoms with Crippen LogP contribution in [0.4, 0.5) is 0 Å². The Morgan fingerprint density at radius 3 is 2.00 bits per heavy atom. The smallest absolute Gasteiger partial charge is 0.122 e. The van der Waals surface area contributed by atoms with Gasteiger partial charge in [0.15, 0.2) is 0 Å². The van der Waals surface area contributed by atoms with Crippen molar-refractivity contribution in [1.29, 1.82) is 0 Å². The zero-order valence-corrected chi connectivity index (χ0v) is 13.9. The SMILES string of the molecule is C=N\C(N)=C/C=C(C)/C(=C\C)C1CCCCCCCCC1. The maximum atomic E-state index is 5.69. The van der Waals surface area contributed by atoms with Gasteiger partial charge >= 0.3 is 0 Å². The lowest BCUT2D eigenvalue weighted by Crippen LogP contribution is -2.07. The fraction of sp³-hybridized carbons (Fsp3) is 0.632. The van der Waals surface area contributed by atoms with Gasteiger partial charge in [-0.05, 0) is 56.5 Å². The highest BCUT2D eigenvalue weighted by molar-refractivity contribution is 5.35. The standard InChI is InChI=1S/C19H32N2/c1-4-18(16(2)14-15-19(20)21-3)17-12-10-8-6-5-7-9-11-13-17/h4,14-15,17H,3,5-13,20H2,1-2H3/b16-14+,18-4+,19-15-. The molecule has 118 valence electrons. The van der Waals surface area contributed by atoms with E-state index in [4.69, 9.17) is 5.73 Å². The molecule has 0 aliphatic heterocycles. The van der Waals surface area contributed by atoms with Crippen LogP contribution in [-0.2, 0) is 0 Å². The molecule has 0 aromatic heterocycles. The van der Waals surface area contributed by atoms with E-state index >= 15 is 0 Å². The minimum atomic E-state index is 0.482. The Bertz CT molecular complexity index is 392. The molecule has 0 bridgehead atoms. The number of hydrogen-bond donors (Lipinski definition) is 1. The van der Waals surface area contributed by atoms with Gasteiger partial charge in [0.2, 0.25) is 0 Å². The minimum Gasteiger partial charge on any atom is -0.384 e. The highest BCUT2D eigenvalue weighted by Gasteiger charge is 2.15. The lowest BCUT2D eigenvalue weighted by molar-refractivity contribution is 0.432. The van der Waals surface area contributed by atoms with Crippen LogP contribution in [0.15, 0.2) is 40.2 Å². The van der Waals surface area contributed by atoms with Gasteiger partial charge in [0.25, 0.3) is 0 Å². The Morgan fingerprint density at radius 2 is 1.52 bits per heavy atom. The normalized spacial score (nSPS) is 21.1. The summed E-state index contributed by atoms with van der Waals surface area (Å²) in [6, 6.07) is 0. The fourth-order valence-corrected chi connectivity index (χ4v) is 3.27. The first-order chi connectivity index (χ1) is 10.2. The molecule has 21 heavy (non-hydrogen) atoms. The average Bonchev–Trinajstić information content (AvgIpc) is 2.51. The van der Waals surface area contributed by atoms with E-state index in [-0.39, 0.29) is 0 Å². The number of rotatable bonds is 4. The minimum absolute atomic E-state index is 0.482. The van der Waals surface area contributed by atoms with Crippen LogP contribution in [0.25, 0.3) is 0 Å². The zero-order chi connectivity index (χ0) is 15.5. The van der Waals surface area contributed by atoms with E-state index < -0.39 is 0 Å². The Hall–Kier alpha value is -1.31. The van der Waals surface area contributed by atoms with Crippen molar-refractivity contribution in [2.24, 2.45) is 16.6 Å². The topological polar surface area (TPSA) is 38.4 Å². The lowest BCUT2D eigenvalue weighted by atomic mass is 9.83. The van der Waals surface area contributed by atoms with E-state index in [1.165, 1.54) is 68.9 Å². The summed E-state index contributed by atoms with van der Waals surface area (Å²) in [6.07, 6.45) is 18.6. The van der Waals surface area contributed by atoms with Crippen molar-refractivity contribution >= 4 is 6.72 Å². The summed E-state index contributed by atoms with van der Waals surface area (Å²) in [5, 5.41) is 0. The van der Waals surface area contributed by atoms with E-state index in [1.54, 1.807) is 0 Å². The number of aliphatic imine (C=N–C) groups is 1. The molecule has 2 nitrogen and oxygen atoms in total. The van der Waals surface area contributed by atoms with Crippen LogP contribution in [0.1, 0.15) is 71.6 Å². The molecule has 1 fully saturated rings. The van der Waals surface area contributed by atoms with Crippen molar-refractivity contribution in [2.75, 3.05) is 0 Å². The molecule has 0 unspecified atom stereocenters.